The zero-order valence-electron chi connectivity index (χ0n) is 10.3. The van der Waals surface area contributed by atoms with Gasteiger partial charge in [-0.15, -0.1) is 23.2 Å². The summed E-state index contributed by atoms with van der Waals surface area (Å²) < 4.78 is 0. The summed E-state index contributed by atoms with van der Waals surface area (Å²) >= 11 is 9.53. The predicted octanol–water partition coefficient (Wildman–Crippen LogP) is 3.34. The molecule has 0 heterocycles. The van der Waals surface area contributed by atoms with Crippen LogP contribution in [-0.2, 0) is 4.79 Å². The normalized spacial score (nSPS) is 6.35. The highest BCUT2D eigenvalue weighted by atomic mass is 35.5. The number of hydrogen-bond donors (Lipinski definition) is 0. The molecule has 0 bridgehead atoms. The van der Waals surface area contributed by atoms with Crippen LogP contribution < -0.4 is 0 Å². The Morgan fingerprint density at radius 1 is 1.12 bits per heavy atom. The number of hydrogen-bond acceptors (Lipinski definition) is 2. The number of carbonyl (C=O) groups excluding carboxylic acids is 1. The highest BCUT2D eigenvalue weighted by Crippen LogP contribution is 1.79. The van der Waals surface area contributed by atoms with Crippen LogP contribution in [0.25, 0.3) is 0 Å². The fraction of sp³-hybridized carbons (Fsp3) is 0.333. The molecule has 1 aromatic carbocycles. The van der Waals surface area contributed by atoms with E-state index in [9.17, 15) is 4.79 Å². The molecule has 0 saturated heterocycles. The minimum absolute atomic E-state index is 0.194. The van der Waals surface area contributed by atoms with Gasteiger partial charge < -0.3 is 4.90 Å². The van der Waals surface area contributed by atoms with Crippen LogP contribution in [0, 0.1) is 11.3 Å². The monoisotopic (exact) mass is 276 g/mol. The van der Waals surface area contributed by atoms with Crippen molar-refractivity contribution in [3.63, 3.8) is 0 Å². The van der Waals surface area contributed by atoms with Crippen molar-refractivity contribution < 1.29 is 4.79 Å². The number of nitrogens with zero attached hydrogens (tertiary/aromatic N) is 2. The van der Waals surface area contributed by atoms with Gasteiger partial charge in [-0.1, -0.05) is 36.4 Å². The van der Waals surface area contributed by atoms with Crippen LogP contribution in [0.4, 0.5) is 0 Å². The summed E-state index contributed by atoms with van der Waals surface area (Å²) in [5.41, 5.74) is 0. The molecular weight excluding hydrogens is 259 g/mol. The zero-order chi connectivity index (χ0) is 13.9. The first-order valence-corrected chi connectivity index (χ1v) is 5.72. The van der Waals surface area contributed by atoms with Crippen LogP contribution >= 0.6 is 23.2 Å². The molecule has 17 heavy (non-hydrogen) atoms. The second-order valence-electron chi connectivity index (χ2n) is 2.55. The molecule has 0 fully saturated rings. The topological polar surface area (TPSA) is 44.1 Å². The van der Waals surface area contributed by atoms with E-state index in [4.69, 9.17) is 28.5 Å². The van der Waals surface area contributed by atoms with Gasteiger partial charge in [0.05, 0.1) is 11.4 Å². The van der Waals surface area contributed by atoms with E-state index in [-0.39, 0.29) is 5.34 Å². The summed E-state index contributed by atoms with van der Waals surface area (Å²) in [7, 11) is 3.38. The standard InChI is InChI=1S/C6H6.C3H7NO.C2H3N.CH2Cl2/c1-2-4-6-5-3-1;1-4(2)3-5;1-2-3;2-1-3/h1-6H;3H,1-2H3;1H3;1H2. The molecule has 0 aromatic heterocycles. The van der Waals surface area contributed by atoms with Crippen LogP contribution in [0.5, 0.6) is 0 Å². The van der Waals surface area contributed by atoms with E-state index in [1.54, 1.807) is 20.2 Å². The highest BCUT2D eigenvalue weighted by molar-refractivity contribution is 6.40. The molecule has 5 heteroatoms. The molecule has 0 aliphatic rings. The highest BCUT2D eigenvalue weighted by Gasteiger charge is 1.68. The molecule has 96 valence electrons. The number of amides is 1. The molecular formula is C12H18Cl2N2O. The van der Waals surface area contributed by atoms with Crippen molar-refractivity contribution >= 4 is 29.6 Å². The van der Waals surface area contributed by atoms with Crippen molar-refractivity contribution in [3.05, 3.63) is 36.4 Å². The van der Waals surface area contributed by atoms with Crippen molar-refractivity contribution in [1.82, 2.24) is 4.90 Å². The maximum absolute atomic E-state index is 9.43. The largest absolute Gasteiger partial charge is 0.351 e. The molecule has 1 amide bonds. The minimum Gasteiger partial charge on any atom is -0.351 e. The van der Waals surface area contributed by atoms with Crippen molar-refractivity contribution in [3.8, 4) is 6.07 Å². The van der Waals surface area contributed by atoms with E-state index in [0.29, 0.717) is 0 Å². The lowest BCUT2D eigenvalue weighted by Crippen LogP contribution is -2.06. The summed E-state index contributed by atoms with van der Waals surface area (Å²) in [6.45, 7) is 1.43. The third-order valence-corrected chi connectivity index (χ3v) is 0.877. The molecule has 0 atom stereocenters. The van der Waals surface area contributed by atoms with E-state index in [2.05, 4.69) is 0 Å². The van der Waals surface area contributed by atoms with E-state index in [1.165, 1.54) is 11.8 Å². The lowest BCUT2D eigenvalue weighted by Gasteiger charge is -1.93. The minimum atomic E-state index is 0.194. The summed E-state index contributed by atoms with van der Waals surface area (Å²) in [5, 5.41) is 7.51. The Morgan fingerprint density at radius 3 is 1.29 bits per heavy atom. The third-order valence-electron chi connectivity index (χ3n) is 0.877. The van der Waals surface area contributed by atoms with Crippen LogP contribution in [0.2, 0.25) is 0 Å². The number of nitriles is 1. The number of carbonyl (C=O) groups is 1. The second-order valence-corrected chi connectivity index (χ2v) is 3.36. The maximum Gasteiger partial charge on any atom is 0.209 e. The quantitative estimate of drug-likeness (QED) is 0.583. The lowest BCUT2D eigenvalue weighted by atomic mass is 10.4. The summed E-state index contributed by atoms with van der Waals surface area (Å²) in [5.74, 6) is 0. The van der Waals surface area contributed by atoms with Gasteiger partial charge >= 0.3 is 0 Å². The first-order chi connectivity index (χ1) is 8.10. The molecule has 0 aliphatic carbocycles. The van der Waals surface area contributed by atoms with E-state index < -0.39 is 0 Å². The Balaban J connectivity index is -0.000000163. The number of rotatable bonds is 1. The van der Waals surface area contributed by atoms with Crippen molar-refractivity contribution in [2.45, 2.75) is 6.92 Å². The van der Waals surface area contributed by atoms with Gasteiger partial charge in [-0.05, 0) is 0 Å². The van der Waals surface area contributed by atoms with Crippen molar-refractivity contribution in [1.29, 1.82) is 5.26 Å². The smallest absolute Gasteiger partial charge is 0.209 e. The Bertz CT molecular complexity index is 234. The summed E-state index contributed by atoms with van der Waals surface area (Å²) in [6.07, 6.45) is 0.750. The number of benzene rings is 1. The molecule has 0 aliphatic heterocycles. The van der Waals surface area contributed by atoms with Gasteiger partial charge in [-0.3, -0.25) is 4.79 Å². The van der Waals surface area contributed by atoms with Crippen molar-refractivity contribution in [2.75, 3.05) is 19.4 Å². The Hall–Kier alpha value is -1.24. The van der Waals surface area contributed by atoms with Crippen LogP contribution in [0.1, 0.15) is 6.92 Å². The third kappa shape index (κ3) is 52.6. The van der Waals surface area contributed by atoms with Crippen LogP contribution in [0.15, 0.2) is 36.4 Å². The summed E-state index contributed by atoms with van der Waals surface area (Å²) in [6, 6.07) is 13.8. The van der Waals surface area contributed by atoms with Gasteiger partial charge in [0.25, 0.3) is 0 Å². The van der Waals surface area contributed by atoms with Gasteiger partial charge in [-0.2, -0.15) is 5.26 Å². The second kappa shape index (κ2) is 24.1. The van der Waals surface area contributed by atoms with E-state index in [0.717, 1.165) is 6.41 Å². The van der Waals surface area contributed by atoms with Gasteiger partial charge in [0.1, 0.15) is 0 Å². The molecule has 0 spiro atoms. The fourth-order valence-corrected chi connectivity index (χ4v) is 0.385. The molecule has 3 nitrogen and oxygen atoms in total. The predicted molar refractivity (Wildman–Crippen MR) is 74.1 cm³/mol. The van der Waals surface area contributed by atoms with Crippen LogP contribution in [-0.4, -0.2) is 30.7 Å². The average molecular weight is 277 g/mol. The summed E-state index contributed by atoms with van der Waals surface area (Å²) in [4.78, 5) is 10.9. The molecule has 1 rings (SSSR count). The van der Waals surface area contributed by atoms with Crippen molar-refractivity contribution in [2.24, 2.45) is 0 Å². The number of alkyl halides is 2. The van der Waals surface area contributed by atoms with Gasteiger partial charge in [0, 0.05) is 21.0 Å². The first-order valence-electron chi connectivity index (χ1n) is 4.65. The molecule has 0 radical (unpaired) electrons. The Morgan fingerprint density at radius 2 is 1.24 bits per heavy atom. The molecule has 0 saturated carbocycles. The van der Waals surface area contributed by atoms with E-state index in [1.807, 2.05) is 36.4 Å². The lowest BCUT2D eigenvalue weighted by molar-refractivity contribution is -0.115. The van der Waals surface area contributed by atoms with Gasteiger partial charge in [0.2, 0.25) is 6.41 Å². The number of halogens is 2. The molecule has 1 aromatic rings. The maximum atomic E-state index is 9.43. The van der Waals surface area contributed by atoms with Crippen LogP contribution in [0.3, 0.4) is 0 Å². The Labute approximate surface area is 114 Å². The molecule has 0 unspecified atom stereocenters. The van der Waals surface area contributed by atoms with Gasteiger partial charge in [0.15, 0.2) is 0 Å². The zero-order valence-corrected chi connectivity index (χ0v) is 11.8. The average Bonchev–Trinajstić information content (AvgIpc) is 2.34. The SMILES string of the molecule is CC#N.CN(C)C=O.ClCCl.c1ccccc1. The van der Waals surface area contributed by atoms with E-state index >= 15 is 0 Å². The van der Waals surface area contributed by atoms with Gasteiger partial charge in [-0.25, -0.2) is 0 Å². The first kappa shape index (κ1) is 21.1. The Kier molecular flexibility index (Phi) is 29.9. The fourth-order valence-electron chi connectivity index (χ4n) is 0.385. The molecule has 0 N–H and O–H groups in total.